The van der Waals surface area contributed by atoms with Crippen molar-refractivity contribution in [1.29, 1.82) is 0 Å². The lowest BCUT2D eigenvalue weighted by atomic mass is 10.1. The van der Waals surface area contributed by atoms with Crippen LogP contribution in [0, 0.1) is 5.92 Å². The standard InChI is InChI=1S/C14H17ClN2S/c1-4-11-5-6-12(18-11)14-16-10(7-9(2)3)8-13(15)17-14/h5-6,8-9H,4,7H2,1-3H3. The maximum Gasteiger partial charge on any atom is 0.171 e. The molecular formula is C14H17ClN2S. The van der Waals surface area contributed by atoms with Crippen LogP contribution in [0.25, 0.3) is 10.7 Å². The fourth-order valence-corrected chi connectivity index (χ4v) is 2.87. The van der Waals surface area contributed by atoms with Crippen LogP contribution in [0.1, 0.15) is 31.3 Å². The van der Waals surface area contributed by atoms with Crippen LogP contribution in [0.5, 0.6) is 0 Å². The number of thiophene rings is 1. The highest BCUT2D eigenvalue weighted by molar-refractivity contribution is 7.15. The van der Waals surface area contributed by atoms with E-state index in [4.69, 9.17) is 11.6 Å². The van der Waals surface area contributed by atoms with Gasteiger partial charge in [0.1, 0.15) is 5.15 Å². The van der Waals surface area contributed by atoms with E-state index in [1.54, 1.807) is 11.3 Å². The van der Waals surface area contributed by atoms with E-state index in [9.17, 15) is 0 Å². The average molecular weight is 281 g/mol. The first kappa shape index (κ1) is 13.5. The summed E-state index contributed by atoms with van der Waals surface area (Å²) in [5.74, 6) is 1.32. The van der Waals surface area contributed by atoms with E-state index in [1.165, 1.54) is 4.88 Å². The summed E-state index contributed by atoms with van der Waals surface area (Å²) in [5, 5.41) is 0.530. The van der Waals surface area contributed by atoms with Crippen molar-refractivity contribution in [2.24, 2.45) is 5.92 Å². The molecule has 0 aliphatic rings. The normalized spacial score (nSPS) is 11.2. The Hall–Kier alpha value is -0.930. The van der Waals surface area contributed by atoms with Gasteiger partial charge >= 0.3 is 0 Å². The van der Waals surface area contributed by atoms with E-state index in [-0.39, 0.29) is 0 Å². The van der Waals surface area contributed by atoms with E-state index in [2.05, 4.69) is 42.9 Å². The number of rotatable bonds is 4. The van der Waals surface area contributed by atoms with Gasteiger partial charge in [-0.05, 0) is 37.0 Å². The Balaban J connectivity index is 2.35. The van der Waals surface area contributed by atoms with Crippen molar-refractivity contribution in [2.45, 2.75) is 33.6 Å². The fourth-order valence-electron chi connectivity index (χ4n) is 1.79. The first-order chi connectivity index (χ1) is 8.58. The van der Waals surface area contributed by atoms with Gasteiger partial charge in [-0.3, -0.25) is 0 Å². The van der Waals surface area contributed by atoms with Gasteiger partial charge in [0.2, 0.25) is 0 Å². The predicted octanol–water partition coefficient (Wildman–Crippen LogP) is 4.62. The Bertz CT molecular complexity index is 534. The monoisotopic (exact) mass is 280 g/mol. The molecule has 18 heavy (non-hydrogen) atoms. The van der Waals surface area contributed by atoms with Crippen LogP contribution in [0.2, 0.25) is 5.15 Å². The summed E-state index contributed by atoms with van der Waals surface area (Å²) in [6.45, 7) is 6.50. The molecule has 0 radical (unpaired) electrons. The maximum atomic E-state index is 6.08. The molecule has 0 fully saturated rings. The highest BCUT2D eigenvalue weighted by atomic mass is 35.5. The molecule has 0 amide bonds. The Morgan fingerprint density at radius 2 is 2.06 bits per heavy atom. The van der Waals surface area contributed by atoms with Crippen molar-refractivity contribution in [3.8, 4) is 10.7 Å². The largest absolute Gasteiger partial charge is 0.232 e. The molecule has 0 aromatic carbocycles. The van der Waals surface area contributed by atoms with Crippen LogP contribution < -0.4 is 0 Å². The van der Waals surface area contributed by atoms with E-state index < -0.39 is 0 Å². The molecule has 0 aliphatic heterocycles. The second-order valence-electron chi connectivity index (χ2n) is 4.72. The lowest BCUT2D eigenvalue weighted by Crippen LogP contribution is -2.00. The summed E-state index contributed by atoms with van der Waals surface area (Å²) in [6.07, 6.45) is 1.98. The van der Waals surface area contributed by atoms with Crippen LogP contribution in [0.4, 0.5) is 0 Å². The van der Waals surface area contributed by atoms with Gasteiger partial charge in [0, 0.05) is 10.6 Å². The Morgan fingerprint density at radius 1 is 1.28 bits per heavy atom. The molecule has 0 atom stereocenters. The van der Waals surface area contributed by atoms with Gasteiger partial charge < -0.3 is 0 Å². The smallest absolute Gasteiger partial charge is 0.171 e. The molecule has 4 heteroatoms. The van der Waals surface area contributed by atoms with E-state index in [0.717, 1.165) is 29.2 Å². The first-order valence-corrected chi connectivity index (χ1v) is 7.40. The number of aromatic nitrogens is 2. The molecule has 2 heterocycles. The summed E-state index contributed by atoms with van der Waals surface area (Å²) < 4.78 is 0. The molecule has 2 nitrogen and oxygen atoms in total. The highest BCUT2D eigenvalue weighted by Crippen LogP contribution is 2.27. The van der Waals surface area contributed by atoms with Crippen molar-refractivity contribution < 1.29 is 0 Å². The summed E-state index contributed by atoms with van der Waals surface area (Å²) >= 11 is 7.82. The molecule has 0 spiro atoms. The van der Waals surface area contributed by atoms with Gasteiger partial charge in [-0.25, -0.2) is 9.97 Å². The fraction of sp³-hybridized carbons (Fsp3) is 0.429. The van der Waals surface area contributed by atoms with Crippen molar-refractivity contribution in [2.75, 3.05) is 0 Å². The van der Waals surface area contributed by atoms with Crippen LogP contribution in [0.3, 0.4) is 0 Å². The minimum absolute atomic E-state index is 0.530. The quantitative estimate of drug-likeness (QED) is 0.764. The van der Waals surface area contributed by atoms with E-state index in [1.807, 2.05) is 6.07 Å². The minimum Gasteiger partial charge on any atom is -0.232 e. The third kappa shape index (κ3) is 3.30. The molecule has 0 aliphatic carbocycles. The molecule has 0 bridgehead atoms. The third-order valence-electron chi connectivity index (χ3n) is 2.60. The predicted molar refractivity (Wildman–Crippen MR) is 78.3 cm³/mol. The number of nitrogens with zero attached hydrogens (tertiary/aromatic N) is 2. The van der Waals surface area contributed by atoms with Gasteiger partial charge in [0.25, 0.3) is 0 Å². The minimum atomic E-state index is 0.530. The number of halogens is 1. The Labute approximate surface area is 117 Å². The molecule has 2 aromatic heterocycles. The molecule has 0 saturated heterocycles. The topological polar surface area (TPSA) is 25.8 Å². The van der Waals surface area contributed by atoms with Crippen molar-refractivity contribution >= 4 is 22.9 Å². The summed E-state index contributed by atoms with van der Waals surface area (Å²) in [4.78, 5) is 11.4. The van der Waals surface area contributed by atoms with Crippen molar-refractivity contribution in [3.63, 3.8) is 0 Å². The maximum absolute atomic E-state index is 6.08. The summed E-state index contributed by atoms with van der Waals surface area (Å²) in [6, 6.07) is 6.07. The lowest BCUT2D eigenvalue weighted by molar-refractivity contribution is 0.634. The first-order valence-electron chi connectivity index (χ1n) is 6.21. The number of hydrogen-bond donors (Lipinski definition) is 0. The zero-order chi connectivity index (χ0) is 13.1. The van der Waals surface area contributed by atoms with Crippen LogP contribution in [0.15, 0.2) is 18.2 Å². The zero-order valence-corrected chi connectivity index (χ0v) is 12.5. The Morgan fingerprint density at radius 3 is 2.67 bits per heavy atom. The summed E-state index contributed by atoms with van der Waals surface area (Å²) in [5.41, 5.74) is 1.02. The second kappa shape index (κ2) is 5.81. The van der Waals surface area contributed by atoms with Crippen LogP contribution in [-0.4, -0.2) is 9.97 Å². The number of aryl methyl sites for hydroxylation is 1. The number of hydrogen-bond acceptors (Lipinski definition) is 3. The van der Waals surface area contributed by atoms with Crippen LogP contribution in [-0.2, 0) is 12.8 Å². The van der Waals surface area contributed by atoms with Gasteiger partial charge in [-0.15, -0.1) is 11.3 Å². The molecule has 2 rings (SSSR count). The molecular weight excluding hydrogens is 264 g/mol. The zero-order valence-electron chi connectivity index (χ0n) is 10.9. The Kier molecular flexibility index (Phi) is 4.36. The third-order valence-corrected chi connectivity index (χ3v) is 4.01. The van der Waals surface area contributed by atoms with Gasteiger partial charge in [0.15, 0.2) is 5.82 Å². The SMILES string of the molecule is CCc1ccc(-c2nc(Cl)cc(CC(C)C)n2)s1. The molecule has 0 saturated carbocycles. The summed E-state index contributed by atoms with van der Waals surface area (Å²) in [7, 11) is 0. The molecule has 0 N–H and O–H groups in total. The van der Waals surface area contributed by atoms with Gasteiger partial charge in [-0.1, -0.05) is 32.4 Å². The lowest BCUT2D eigenvalue weighted by Gasteiger charge is -2.06. The van der Waals surface area contributed by atoms with E-state index in [0.29, 0.717) is 11.1 Å². The molecule has 0 unspecified atom stereocenters. The highest BCUT2D eigenvalue weighted by Gasteiger charge is 2.09. The van der Waals surface area contributed by atoms with Gasteiger partial charge in [-0.2, -0.15) is 0 Å². The van der Waals surface area contributed by atoms with E-state index >= 15 is 0 Å². The molecule has 96 valence electrons. The van der Waals surface area contributed by atoms with Crippen LogP contribution >= 0.6 is 22.9 Å². The average Bonchev–Trinajstić information content (AvgIpc) is 2.75. The molecule has 2 aromatic rings. The second-order valence-corrected chi connectivity index (χ2v) is 6.28. The van der Waals surface area contributed by atoms with Crippen molar-refractivity contribution in [3.05, 3.63) is 33.9 Å². The van der Waals surface area contributed by atoms with Gasteiger partial charge in [0.05, 0.1) is 4.88 Å². The van der Waals surface area contributed by atoms with Crippen molar-refractivity contribution in [1.82, 2.24) is 9.97 Å².